The Morgan fingerprint density at radius 3 is 2.44 bits per heavy atom. The predicted molar refractivity (Wildman–Crippen MR) is 60.5 cm³/mol. The summed E-state index contributed by atoms with van der Waals surface area (Å²) < 4.78 is 35.9. The average molecular weight is 240 g/mol. The van der Waals surface area contributed by atoms with Gasteiger partial charge in [0.05, 0.1) is 6.42 Å². The molecule has 0 bridgehead atoms. The van der Waals surface area contributed by atoms with Crippen LogP contribution in [0.5, 0.6) is 0 Å². The fourth-order valence-electron chi connectivity index (χ4n) is 1.53. The predicted octanol–water partition coefficient (Wildman–Crippen LogP) is 2.51. The van der Waals surface area contributed by atoms with Gasteiger partial charge in [-0.05, 0) is 32.5 Å². The second-order valence-electron chi connectivity index (χ2n) is 4.44. The van der Waals surface area contributed by atoms with Crippen LogP contribution in [-0.4, -0.2) is 44.3 Å². The first-order valence-electron chi connectivity index (χ1n) is 5.81. The molecule has 0 spiro atoms. The summed E-state index contributed by atoms with van der Waals surface area (Å²) in [6.45, 7) is 6.76. The van der Waals surface area contributed by atoms with Gasteiger partial charge < -0.3 is 10.2 Å². The molecule has 0 aliphatic heterocycles. The molecule has 0 amide bonds. The Morgan fingerprint density at radius 2 is 1.94 bits per heavy atom. The number of nitrogens with zero attached hydrogens (tertiary/aromatic N) is 1. The van der Waals surface area contributed by atoms with E-state index in [4.69, 9.17) is 0 Å². The number of nitrogens with one attached hydrogen (secondary N) is 1. The van der Waals surface area contributed by atoms with Crippen molar-refractivity contribution < 1.29 is 13.2 Å². The minimum Gasteiger partial charge on any atom is -0.316 e. The first-order chi connectivity index (χ1) is 7.35. The standard InChI is InChI=1S/C11H23F3N2/c1-4-6-15-8-10(2)9-16(3)7-5-11(12,13)14/h10,15H,4-9H2,1-3H3. The first-order valence-corrected chi connectivity index (χ1v) is 5.81. The highest BCUT2D eigenvalue weighted by atomic mass is 19.4. The van der Waals surface area contributed by atoms with Crippen molar-refractivity contribution in [1.82, 2.24) is 10.2 Å². The van der Waals surface area contributed by atoms with Gasteiger partial charge in [0.25, 0.3) is 0 Å². The molecule has 0 heterocycles. The highest BCUT2D eigenvalue weighted by molar-refractivity contribution is 4.63. The van der Waals surface area contributed by atoms with Gasteiger partial charge in [-0.3, -0.25) is 0 Å². The second kappa shape index (κ2) is 7.90. The molecule has 1 atom stereocenters. The maximum absolute atomic E-state index is 12.0. The molecule has 0 rings (SSSR count). The molecule has 0 aromatic heterocycles. The quantitative estimate of drug-likeness (QED) is 0.656. The van der Waals surface area contributed by atoms with Crippen molar-refractivity contribution in [3.8, 4) is 0 Å². The third-order valence-electron chi connectivity index (χ3n) is 2.32. The van der Waals surface area contributed by atoms with Gasteiger partial charge in [0.1, 0.15) is 0 Å². The van der Waals surface area contributed by atoms with Crippen LogP contribution in [0.2, 0.25) is 0 Å². The maximum atomic E-state index is 12.0. The number of rotatable bonds is 8. The Bertz CT molecular complexity index is 171. The van der Waals surface area contributed by atoms with Crippen LogP contribution in [0.1, 0.15) is 26.7 Å². The van der Waals surface area contributed by atoms with E-state index in [0.717, 1.165) is 19.5 Å². The molecule has 16 heavy (non-hydrogen) atoms. The zero-order chi connectivity index (χ0) is 12.6. The van der Waals surface area contributed by atoms with Crippen LogP contribution >= 0.6 is 0 Å². The number of hydrogen-bond acceptors (Lipinski definition) is 2. The molecule has 5 heteroatoms. The van der Waals surface area contributed by atoms with Crippen LogP contribution in [0.15, 0.2) is 0 Å². The van der Waals surface area contributed by atoms with Gasteiger partial charge in [-0.1, -0.05) is 13.8 Å². The summed E-state index contributed by atoms with van der Waals surface area (Å²) >= 11 is 0. The van der Waals surface area contributed by atoms with Gasteiger partial charge in [-0.2, -0.15) is 13.2 Å². The van der Waals surface area contributed by atoms with Crippen molar-refractivity contribution in [3.05, 3.63) is 0 Å². The van der Waals surface area contributed by atoms with E-state index in [1.807, 2.05) is 6.92 Å². The van der Waals surface area contributed by atoms with Gasteiger partial charge in [-0.15, -0.1) is 0 Å². The molecular formula is C11H23F3N2. The summed E-state index contributed by atoms with van der Waals surface area (Å²) in [4.78, 5) is 1.74. The molecule has 0 aliphatic carbocycles. The number of alkyl halides is 3. The van der Waals surface area contributed by atoms with Crippen molar-refractivity contribution in [2.75, 3.05) is 33.2 Å². The molecule has 0 aliphatic rings. The second-order valence-corrected chi connectivity index (χ2v) is 4.44. The van der Waals surface area contributed by atoms with Gasteiger partial charge in [0, 0.05) is 13.1 Å². The molecule has 0 saturated heterocycles. The minimum absolute atomic E-state index is 0.0849. The van der Waals surface area contributed by atoms with Gasteiger partial charge in [0.2, 0.25) is 0 Å². The van der Waals surface area contributed by atoms with E-state index >= 15 is 0 Å². The molecule has 2 nitrogen and oxygen atoms in total. The Kier molecular flexibility index (Phi) is 7.76. The highest BCUT2D eigenvalue weighted by Crippen LogP contribution is 2.19. The Morgan fingerprint density at radius 1 is 1.31 bits per heavy atom. The van der Waals surface area contributed by atoms with E-state index in [9.17, 15) is 13.2 Å². The highest BCUT2D eigenvalue weighted by Gasteiger charge is 2.27. The van der Waals surface area contributed by atoms with Crippen molar-refractivity contribution in [2.45, 2.75) is 32.9 Å². The van der Waals surface area contributed by atoms with Crippen LogP contribution in [0, 0.1) is 5.92 Å². The van der Waals surface area contributed by atoms with E-state index in [1.54, 1.807) is 11.9 Å². The average Bonchev–Trinajstić information content (AvgIpc) is 2.14. The lowest BCUT2D eigenvalue weighted by Crippen LogP contribution is -2.33. The molecule has 1 N–H and O–H groups in total. The molecule has 0 saturated carbocycles. The fourth-order valence-corrected chi connectivity index (χ4v) is 1.53. The molecule has 0 fully saturated rings. The summed E-state index contributed by atoms with van der Waals surface area (Å²) in [6, 6.07) is 0. The van der Waals surface area contributed by atoms with E-state index in [0.29, 0.717) is 12.5 Å². The van der Waals surface area contributed by atoms with Crippen LogP contribution in [-0.2, 0) is 0 Å². The lowest BCUT2D eigenvalue weighted by Gasteiger charge is -2.22. The Hall–Kier alpha value is -0.290. The van der Waals surface area contributed by atoms with Crippen molar-refractivity contribution >= 4 is 0 Å². The molecular weight excluding hydrogens is 217 g/mol. The summed E-state index contributed by atoms with van der Waals surface area (Å²) in [7, 11) is 1.74. The van der Waals surface area contributed by atoms with Gasteiger partial charge in [0.15, 0.2) is 0 Å². The zero-order valence-electron chi connectivity index (χ0n) is 10.4. The van der Waals surface area contributed by atoms with E-state index in [1.165, 1.54) is 0 Å². The van der Waals surface area contributed by atoms with Crippen LogP contribution in [0.25, 0.3) is 0 Å². The third-order valence-corrected chi connectivity index (χ3v) is 2.32. The molecule has 98 valence electrons. The SMILES string of the molecule is CCCNCC(C)CN(C)CCC(F)(F)F. The monoisotopic (exact) mass is 240 g/mol. The van der Waals surface area contributed by atoms with Crippen molar-refractivity contribution in [1.29, 1.82) is 0 Å². The lowest BCUT2D eigenvalue weighted by atomic mass is 10.1. The van der Waals surface area contributed by atoms with Crippen molar-refractivity contribution in [2.24, 2.45) is 5.92 Å². The van der Waals surface area contributed by atoms with Crippen LogP contribution in [0.3, 0.4) is 0 Å². The normalized spacial score (nSPS) is 14.4. The zero-order valence-corrected chi connectivity index (χ0v) is 10.4. The number of halogens is 3. The fraction of sp³-hybridized carbons (Fsp3) is 1.00. The minimum atomic E-state index is -4.04. The molecule has 0 aromatic carbocycles. The van der Waals surface area contributed by atoms with E-state index in [-0.39, 0.29) is 6.54 Å². The third kappa shape index (κ3) is 10.2. The van der Waals surface area contributed by atoms with Gasteiger partial charge >= 0.3 is 6.18 Å². The molecule has 0 aromatic rings. The smallest absolute Gasteiger partial charge is 0.316 e. The topological polar surface area (TPSA) is 15.3 Å². The largest absolute Gasteiger partial charge is 0.390 e. The van der Waals surface area contributed by atoms with E-state index < -0.39 is 12.6 Å². The first kappa shape index (κ1) is 15.7. The lowest BCUT2D eigenvalue weighted by molar-refractivity contribution is -0.137. The number of hydrogen-bond donors (Lipinski definition) is 1. The summed E-state index contributed by atoms with van der Waals surface area (Å²) in [5.41, 5.74) is 0. The molecule has 0 radical (unpaired) electrons. The van der Waals surface area contributed by atoms with E-state index in [2.05, 4.69) is 12.2 Å². The molecule has 1 unspecified atom stereocenters. The van der Waals surface area contributed by atoms with Crippen LogP contribution < -0.4 is 5.32 Å². The Labute approximate surface area is 96.2 Å². The van der Waals surface area contributed by atoms with Crippen LogP contribution in [0.4, 0.5) is 13.2 Å². The summed E-state index contributed by atoms with van der Waals surface area (Å²) in [6.07, 6.45) is -3.69. The summed E-state index contributed by atoms with van der Waals surface area (Å²) in [5.74, 6) is 0.379. The summed E-state index contributed by atoms with van der Waals surface area (Å²) in [5, 5.41) is 3.26. The maximum Gasteiger partial charge on any atom is 0.390 e. The Balaban J connectivity index is 3.57. The van der Waals surface area contributed by atoms with Crippen molar-refractivity contribution in [3.63, 3.8) is 0 Å². The van der Waals surface area contributed by atoms with Gasteiger partial charge in [-0.25, -0.2) is 0 Å².